The Morgan fingerprint density at radius 3 is 2.00 bits per heavy atom. The van der Waals surface area contributed by atoms with E-state index >= 15 is 0 Å². The number of ether oxygens (including phenoxy) is 2. The van der Waals surface area contributed by atoms with Gasteiger partial charge in [0.15, 0.2) is 0 Å². The minimum absolute atomic E-state index is 0.334. The van der Waals surface area contributed by atoms with Crippen LogP contribution in [0.5, 0.6) is 5.75 Å². The summed E-state index contributed by atoms with van der Waals surface area (Å²) in [5, 5.41) is 3.00. The Kier molecular flexibility index (Phi) is 7.43. The molecule has 1 aliphatic heterocycles. The van der Waals surface area contributed by atoms with E-state index in [4.69, 9.17) is 18.8 Å². The van der Waals surface area contributed by atoms with E-state index in [1.807, 2.05) is 79.7 Å². The molecule has 7 heteroatoms. The van der Waals surface area contributed by atoms with Crippen molar-refractivity contribution in [3.63, 3.8) is 0 Å². The van der Waals surface area contributed by atoms with Gasteiger partial charge in [-0.3, -0.25) is 0 Å². The third kappa shape index (κ3) is 7.14. The molecule has 0 bridgehead atoms. The van der Waals surface area contributed by atoms with E-state index in [-0.39, 0.29) is 11.2 Å². The largest absolute Gasteiger partial charge is 0.494 e. The van der Waals surface area contributed by atoms with Crippen molar-refractivity contribution in [3.8, 4) is 5.75 Å². The van der Waals surface area contributed by atoms with Crippen LogP contribution in [0, 0.1) is 5.92 Å². The average Bonchev–Trinajstić information content (AvgIpc) is 2.78. The van der Waals surface area contributed by atoms with Gasteiger partial charge in [0.1, 0.15) is 18.0 Å². The Hall–Kier alpha value is -1.73. The van der Waals surface area contributed by atoms with Crippen LogP contribution in [0.2, 0.25) is 0 Å². The van der Waals surface area contributed by atoms with E-state index < -0.39 is 24.4 Å². The van der Waals surface area contributed by atoms with Crippen molar-refractivity contribution in [3.05, 3.63) is 24.3 Å². The van der Waals surface area contributed by atoms with Gasteiger partial charge in [-0.05, 0) is 85.3 Å². The lowest BCUT2D eigenvalue weighted by atomic mass is 9.79. The summed E-state index contributed by atoms with van der Waals surface area (Å²) in [6, 6.07) is 7.73. The highest BCUT2D eigenvalue weighted by Gasteiger charge is 2.51. The fourth-order valence-electron chi connectivity index (χ4n) is 3.54. The Balaban J connectivity index is 2.03. The highest BCUT2D eigenvalue weighted by Crippen LogP contribution is 2.36. The van der Waals surface area contributed by atoms with Gasteiger partial charge < -0.3 is 24.1 Å². The van der Waals surface area contributed by atoms with E-state index in [9.17, 15) is 4.79 Å². The molecule has 6 nitrogen and oxygen atoms in total. The molecule has 2 rings (SSSR count). The number of carbonyl (C=O) groups is 1. The second-order valence-corrected chi connectivity index (χ2v) is 11.2. The van der Waals surface area contributed by atoms with Crippen molar-refractivity contribution >= 4 is 18.7 Å². The highest BCUT2D eigenvalue weighted by molar-refractivity contribution is 6.62. The van der Waals surface area contributed by atoms with E-state index in [1.165, 1.54) is 0 Å². The minimum Gasteiger partial charge on any atom is -0.491 e. The minimum atomic E-state index is -0.555. The zero-order valence-electron chi connectivity index (χ0n) is 20.9. The molecule has 31 heavy (non-hydrogen) atoms. The molecule has 1 aromatic rings. The van der Waals surface area contributed by atoms with Crippen LogP contribution in [0.1, 0.15) is 75.7 Å². The van der Waals surface area contributed by atoms with Crippen LogP contribution >= 0.6 is 0 Å². The van der Waals surface area contributed by atoms with Crippen molar-refractivity contribution in [1.29, 1.82) is 0 Å². The maximum Gasteiger partial charge on any atom is 0.494 e. The van der Waals surface area contributed by atoms with Gasteiger partial charge in [-0.2, -0.15) is 0 Å². The number of hydrogen-bond acceptors (Lipinski definition) is 5. The molecule has 1 aliphatic rings. The van der Waals surface area contributed by atoms with Gasteiger partial charge in [-0.25, -0.2) is 4.79 Å². The number of alkyl carbamates (subject to hydrolysis) is 1. The van der Waals surface area contributed by atoms with Gasteiger partial charge in [0.05, 0.1) is 16.7 Å². The fourth-order valence-corrected chi connectivity index (χ4v) is 3.54. The number of rotatable bonds is 7. The van der Waals surface area contributed by atoms with Crippen molar-refractivity contribution in [2.24, 2.45) is 5.92 Å². The molecule has 0 aromatic heterocycles. The van der Waals surface area contributed by atoms with Gasteiger partial charge in [0.2, 0.25) is 0 Å². The SMILES string of the molecule is CC(C)CC(C)(COc1ccc(B2OC(C)(C)C(C)(C)O2)cc1)NC(=O)OC(C)(C)C. The smallest absolute Gasteiger partial charge is 0.491 e. The molecular weight excluding hydrogens is 393 g/mol. The molecular formula is C24H40BNO5. The van der Waals surface area contributed by atoms with Crippen LogP contribution in [-0.2, 0) is 14.0 Å². The first-order chi connectivity index (χ1) is 14.0. The highest BCUT2D eigenvalue weighted by atomic mass is 16.7. The maximum absolute atomic E-state index is 12.3. The van der Waals surface area contributed by atoms with Gasteiger partial charge >= 0.3 is 13.2 Å². The number of carbonyl (C=O) groups excluding carboxylic acids is 1. The summed E-state index contributed by atoms with van der Waals surface area (Å²) < 4.78 is 23.7. The molecule has 1 saturated heterocycles. The Morgan fingerprint density at radius 1 is 1.03 bits per heavy atom. The van der Waals surface area contributed by atoms with Crippen molar-refractivity contribution in [2.45, 2.75) is 98.0 Å². The lowest BCUT2D eigenvalue weighted by molar-refractivity contribution is 0.00578. The second kappa shape index (κ2) is 9.03. The summed E-state index contributed by atoms with van der Waals surface area (Å²) in [6.07, 6.45) is 0.327. The van der Waals surface area contributed by atoms with Crippen LogP contribution in [0.15, 0.2) is 24.3 Å². The average molecular weight is 433 g/mol. The zero-order valence-corrected chi connectivity index (χ0v) is 20.9. The van der Waals surface area contributed by atoms with Crippen LogP contribution in [0.4, 0.5) is 4.79 Å². The third-order valence-electron chi connectivity index (χ3n) is 5.62. The molecule has 0 radical (unpaired) electrons. The summed E-state index contributed by atoms with van der Waals surface area (Å²) in [6.45, 7) is 20.3. The molecule has 1 aromatic carbocycles. The predicted octanol–water partition coefficient (Wildman–Crippen LogP) is 4.69. The zero-order chi connectivity index (χ0) is 23.7. The summed E-state index contributed by atoms with van der Waals surface area (Å²) >= 11 is 0. The third-order valence-corrected chi connectivity index (χ3v) is 5.62. The molecule has 0 aliphatic carbocycles. The fraction of sp³-hybridized carbons (Fsp3) is 0.708. The number of benzene rings is 1. The maximum atomic E-state index is 12.3. The molecule has 1 atom stereocenters. The molecule has 1 unspecified atom stereocenters. The predicted molar refractivity (Wildman–Crippen MR) is 125 cm³/mol. The van der Waals surface area contributed by atoms with Gasteiger partial charge in [0.25, 0.3) is 0 Å². The van der Waals surface area contributed by atoms with Crippen LogP contribution < -0.4 is 15.5 Å². The molecule has 1 fully saturated rings. The van der Waals surface area contributed by atoms with Gasteiger partial charge in [-0.15, -0.1) is 0 Å². The van der Waals surface area contributed by atoms with E-state index in [0.717, 1.165) is 17.6 Å². The van der Waals surface area contributed by atoms with Crippen LogP contribution in [0.3, 0.4) is 0 Å². The number of hydrogen-bond donors (Lipinski definition) is 1. The summed E-state index contributed by atoms with van der Waals surface area (Å²) in [7, 11) is -0.404. The van der Waals surface area contributed by atoms with E-state index in [0.29, 0.717) is 12.5 Å². The molecule has 0 spiro atoms. The van der Waals surface area contributed by atoms with Crippen molar-refractivity contribution in [1.82, 2.24) is 5.32 Å². The lowest BCUT2D eigenvalue weighted by Gasteiger charge is -2.33. The Morgan fingerprint density at radius 2 is 1.55 bits per heavy atom. The molecule has 1 amide bonds. The first-order valence-corrected chi connectivity index (χ1v) is 11.1. The first kappa shape index (κ1) is 25.5. The molecule has 1 N–H and O–H groups in total. The molecule has 0 saturated carbocycles. The summed E-state index contributed by atoms with van der Waals surface area (Å²) in [5.74, 6) is 1.11. The topological polar surface area (TPSA) is 66.0 Å². The monoisotopic (exact) mass is 433 g/mol. The second-order valence-electron chi connectivity index (χ2n) is 11.2. The standard InChI is InChI=1S/C24H40BNO5/c1-17(2)15-24(10,26-20(27)29-21(3,4)5)16-28-19-13-11-18(12-14-19)25-30-22(6,7)23(8,9)31-25/h11-14,17H,15-16H2,1-10H3,(H,26,27). The van der Waals surface area contributed by atoms with E-state index in [1.54, 1.807) is 0 Å². The van der Waals surface area contributed by atoms with Crippen LogP contribution in [0.25, 0.3) is 0 Å². The Bertz CT molecular complexity index is 738. The van der Waals surface area contributed by atoms with Crippen LogP contribution in [-0.4, -0.2) is 42.2 Å². The Labute approximate surface area is 188 Å². The summed E-state index contributed by atoms with van der Waals surface area (Å²) in [4.78, 5) is 12.3. The van der Waals surface area contributed by atoms with Crippen molar-refractivity contribution < 1.29 is 23.6 Å². The van der Waals surface area contributed by atoms with Gasteiger partial charge in [0, 0.05) is 0 Å². The number of amides is 1. The molecule has 174 valence electrons. The quantitative estimate of drug-likeness (QED) is 0.632. The van der Waals surface area contributed by atoms with Crippen molar-refractivity contribution in [2.75, 3.05) is 6.61 Å². The van der Waals surface area contributed by atoms with E-state index in [2.05, 4.69) is 19.2 Å². The van der Waals surface area contributed by atoms with Gasteiger partial charge in [-0.1, -0.05) is 26.0 Å². The lowest BCUT2D eigenvalue weighted by Crippen LogP contribution is -2.52. The number of nitrogens with one attached hydrogen (secondary N) is 1. The first-order valence-electron chi connectivity index (χ1n) is 11.1. The summed E-state index contributed by atoms with van der Waals surface area (Å²) in [5.41, 5.74) is -0.909. The normalized spacial score (nSPS) is 19.8. The molecule has 1 heterocycles.